The van der Waals surface area contributed by atoms with Gasteiger partial charge in [0, 0.05) is 11.8 Å². The molecule has 0 unspecified atom stereocenters. The van der Waals surface area contributed by atoms with Gasteiger partial charge in [-0.15, -0.1) is 5.10 Å². The number of rotatable bonds is 4. The highest BCUT2D eigenvalue weighted by Crippen LogP contribution is 2.60. The van der Waals surface area contributed by atoms with Gasteiger partial charge < -0.3 is 4.42 Å². The Morgan fingerprint density at radius 1 is 1.11 bits per heavy atom. The van der Waals surface area contributed by atoms with Crippen molar-refractivity contribution >= 4 is 21.8 Å². The molecule has 4 bridgehead atoms. The zero-order valence-corrected chi connectivity index (χ0v) is 16.5. The lowest BCUT2D eigenvalue weighted by atomic mass is 9.49. The maximum Gasteiger partial charge on any atom is 0.322 e. The molecule has 2 aromatic rings. The first kappa shape index (κ1) is 17.8. The van der Waals surface area contributed by atoms with Gasteiger partial charge in [-0.2, -0.15) is 0 Å². The van der Waals surface area contributed by atoms with E-state index in [2.05, 4.69) is 15.5 Å². The van der Waals surface area contributed by atoms with Crippen molar-refractivity contribution in [2.75, 3.05) is 11.6 Å². The molecule has 148 valence electrons. The second-order valence-electron chi connectivity index (χ2n) is 8.86. The van der Waals surface area contributed by atoms with Crippen molar-refractivity contribution in [3.8, 4) is 11.5 Å². The summed E-state index contributed by atoms with van der Waals surface area (Å²) >= 11 is 0. The van der Waals surface area contributed by atoms with Crippen molar-refractivity contribution in [3.63, 3.8) is 0 Å². The van der Waals surface area contributed by atoms with Crippen LogP contribution in [0.1, 0.15) is 38.5 Å². The molecule has 4 aliphatic carbocycles. The van der Waals surface area contributed by atoms with E-state index in [1.165, 1.54) is 31.4 Å². The number of hydrogen-bond donors (Lipinski definition) is 1. The SMILES string of the molecule is CS(=O)(=O)c1cccc(-c2nnc(NC(=O)C34CC5CC(CC(C5)C3)C4)o2)c1. The summed E-state index contributed by atoms with van der Waals surface area (Å²) in [5.41, 5.74) is 0.213. The smallest absolute Gasteiger partial charge is 0.322 e. The van der Waals surface area contributed by atoms with Crippen LogP contribution in [0.5, 0.6) is 0 Å². The molecular formula is C20H23N3O4S. The van der Waals surface area contributed by atoms with Crippen LogP contribution in [0.25, 0.3) is 11.5 Å². The number of sulfone groups is 1. The Balaban J connectivity index is 1.36. The van der Waals surface area contributed by atoms with Gasteiger partial charge in [-0.05, 0) is 74.5 Å². The lowest BCUT2D eigenvalue weighted by Crippen LogP contribution is -2.51. The Labute approximate surface area is 163 Å². The maximum absolute atomic E-state index is 13.1. The fourth-order valence-electron chi connectivity index (χ4n) is 5.87. The third-order valence-corrected chi connectivity index (χ3v) is 7.78. The molecule has 28 heavy (non-hydrogen) atoms. The van der Waals surface area contributed by atoms with Crippen LogP contribution in [-0.4, -0.2) is 30.8 Å². The molecule has 1 N–H and O–H groups in total. The molecule has 1 aromatic carbocycles. The van der Waals surface area contributed by atoms with Gasteiger partial charge in [0.05, 0.1) is 10.3 Å². The molecule has 7 nitrogen and oxygen atoms in total. The van der Waals surface area contributed by atoms with E-state index in [-0.39, 0.29) is 28.1 Å². The average molecular weight is 401 g/mol. The van der Waals surface area contributed by atoms with Crippen molar-refractivity contribution in [2.24, 2.45) is 23.2 Å². The molecule has 0 saturated heterocycles. The Hall–Kier alpha value is -2.22. The molecule has 0 atom stereocenters. The Bertz CT molecular complexity index is 1010. The molecule has 0 radical (unpaired) electrons. The number of benzene rings is 1. The highest BCUT2D eigenvalue weighted by molar-refractivity contribution is 7.90. The Morgan fingerprint density at radius 3 is 2.36 bits per heavy atom. The summed E-state index contributed by atoms with van der Waals surface area (Å²) in [7, 11) is -3.33. The second kappa shape index (κ2) is 6.14. The van der Waals surface area contributed by atoms with E-state index in [0.29, 0.717) is 23.3 Å². The van der Waals surface area contributed by atoms with Crippen molar-refractivity contribution in [2.45, 2.75) is 43.4 Å². The van der Waals surface area contributed by atoms with Crippen LogP contribution in [0.4, 0.5) is 6.01 Å². The summed E-state index contributed by atoms with van der Waals surface area (Å²) in [5.74, 6) is 2.20. The summed E-state index contributed by atoms with van der Waals surface area (Å²) in [6.45, 7) is 0. The molecular weight excluding hydrogens is 378 g/mol. The number of aromatic nitrogens is 2. The molecule has 4 fully saturated rings. The number of amides is 1. The van der Waals surface area contributed by atoms with Gasteiger partial charge in [-0.3, -0.25) is 10.1 Å². The van der Waals surface area contributed by atoms with Gasteiger partial charge in [-0.25, -0.2) is 8.42 Å². The number of nitrogens with one attached hydrogen (secondary N) is 1. The number of anilines is 1. The zero-order chi connectivity index (χ0) is 19.5. The fraction of sp³-hybridized carbons (Fsp3) is 0.550. The van der Waals surface area contributed by atoms with Crippen LogP contribution in [0, 0.1) is 23.2 Å². The molecule has 4 saturated carbocycles. The van der Waals surface area contributed by atoms with E-state index >= 15 is 0 Å². The molecule has 6 rings (SSSR count). The summed E-state index contributed by atoms with van der Waals surface area (Å²) in [5, 5.41) is 10.8. The predicted molar refractivity (Wildman–Crippen MR) is 102 cm³/mol. The van der Waals surface area contributed by atoms with Crippen LogP contribution in [0.2, 0.25) is 0 Å². The predicted octanol–water partition coefficient (Wildman–Crippen LogP) is 3.30. The quantitative estimate of drug-likeness (QED) is 0.843. The summed E-state index contributed by atoms with van der Waals surface area (Å²) in [6, 6.07) is 6.41. The van der Waals surface area contributed by atoms with E-state index < -0.39 is 9.84 Å². The second-order valence-corrected chi connectivity index (χ2v) is 10.9. The number of nitrogens with zero attached hydrogens (tertiary/aromatic N) is 2. The van der Waals surface area contributed by atoms with E-state index in [1.807, 2.05) is 0 Å². The number of hydrogen-bond acceptors (Lipinski definition) is 6. The maximum atomic E-state index is 13.1. The zero-order valence-electron chi connectivity index (χ0n) is 15.7. The lowest BCUT2D eigenvalue weighted by molar-refractivity contribution is -0.140. The molecule has 0 aliphatic heterocycles. The summed E-state index contributed by atoms with van der Waals surface area (Å²) in [4.78, 5) is 13.3. The Kier molecular flexibility index (Phi) is 3.91. The standard InChI is InChI=1S/C20H23N3O4S/c1-28(25,26)16-4-2-3-15(8-16)17-22-23-19(27-17)21-18(24)20-9-12-5-13(10-20)7-14(6-12)11-20/h2-4,8,12-14H,5-7,9-11H2,1H3,(H,21,23,24). The highest BCUT2D eigenvalue weighted by Gasteiger charge is 2.54. The first-order valence-corrected chi connectivity index (χ1v) is 11.7. The van der Waals surface area contributed by atoms with Gasteiger partial charge in [0.2, 0.25) is 11.8 Å². The van der Waals surface area contributed by atoms with E-state index in [0.717, 1.165) is 25.5 Å². The first-order valence-electron chi connectivity index (χ1n) is 9.76. The van der Waals surface area contributed by atoms with Crippen molar-refractivity contribution < 1.29 is 17.6 Å². The summed E-state index contributed by atoms with van der Waals surface area (Å²) < 4.78 is 29.1. The third kappa shape index (κ3) is 3.03. The van der Waals surface area contributed by atoms with Crippen molar-refractivity contribution in [3.05, 3.63) is 24.3 Å². The lowest BCUT2D eigenvalue weighted by Gasteiger charge is -2.55. The summed E-state index contributed by atoms with van der Waals surface area (Å²) in [6.07, 6.45) is 7.85. The van der Waals surface area contributed by atoms with Crippen LogP contribution >= 0.6 is 0 Å². The van der Waals surface area contributed by atoms with E-state index in [1.54, 1.807) is 12.1 Å². The van der Waals surface area contributed by atoms with Gasteiger partial charge in [0.25, 0.3) is 0 Å². The van der Waals surface area contributed by atoms with Gasteiger partial charge in [0.1, 0.15) is 0 Å². The van der Waals surface area contributed by atoms with E-state index in [9.17, 15) is 13.2 Å². The molecule has 1 amide bonds. The average Bonchev–Trinajstić information content (AvgIpc) is 3.08. The largest absolute Gasteiger partial charge is 0.403 e. The van der Waals surface area contributed by atoms with Gasteiger partial charge >= 0.3 is 6.01 Å². The van der Waals surface area contributed by atoms with Gasteiger partial charge in [-0.1, -0.05) is 11.2 Å². The normalized spacial score (nSPS) is 31.1. The highest BCUT2D eigenvalue weighted by atomic mass is 32.2. The number of carbonyl (C=O) groups excluding carboxylic acids is 1. The third-order valence-electron chi connectivity index (χ3n) is 6.67. The topological polar surface area (TPSA) is 102 Å². The minimum absolute atomic E-state index is 0.00770. The van der Waals surface area contributed by atoms with Crippen LogP contribution < -0.4 is 5.32 Å². The monoisotopic (exact) mass is 401 g/mol. The molecule has 8 heteroatoms. The fourth-order valence-corrected chi connectivity index (χ4v) is 6.54. The molecule has 4 aliphatic rings. The minimum Gasteiger partial charge on any atom is -0.403 e. The van der Waals surface area contributed by atoms with Gasteiger partial charge in [0.15, 0.2) is 9.84 Å². The molecule has 1 aromatic heterocycles. The van der Waals surface area contributed by atoms with Crippen molar-refractivity contribution in [1.82, 2.24) is 10.2 Å². The van der Waals surface area contributed by atoms with Crippen molar-refractivity contribution in [1.29, 1.82) is 0 Å². The first-order chi connectivity index (χ1) is 13.3. The van der Waals surface area contributed by atoms with E-state index in [4.69, 9.17) is 4.42 Å². The van der Waals surface area contributed by atoms with Crippen LogP contribution in [0.15, 0.2) is 33.6 Å². The minimum atomic E-state index is -3.33. The molecule has 1 heterocycles. The van der Waals surface area contributed by atoms with Crippen LogP contribution in [-0.2, 0) is 14.6 Å². The Morgan fingerprint density at radius 2 is 1.75 bits per heavy atom. The van der Waals surface area contributed by atoms with Crippen LogP contribution in [0.3, 0.4) is 0 Å². The molecule has 0 spiro atoms. The number of carbonyl (C=O) groups is 1.